The second kappa shape index (κ2) is 7.47. The van der Waals surface area contributed by atoms with Gasteiger partial charge in [-0.05, 0) is 30.9 Å². The van der Waals surface area contributed by atoms with E-state index in [0.717, 1.165) is 66.6 Å². The Morgan fingerprint density at radius 1 is 1.22 bits per heavy atom. The van der Waals surface area contributed by atoms with Crippen molar-refractivity contribution in [3.63, 3.8) is 0 Å². The Balaban J connectivity index is 0.000000960. The van der Waals surface area contributed by atoms with Gasteiger partial charge in [-0.1, -0.05) is 18.2 Å². The van der Waals surface area contributed by atoms with E-state index < -0.39 is 0 Å². The first-order valence-corrected chi connectivity index (χ1v) is 7.72. The average molecular weight is 354 g/mol. The third kappa shape index (κ3) is 3.30. The van der Waals surface area contributed by atoms with Crippen molar-refractivity contribution < 1.29 is 4.79 Å². The highest BCUT2D eigenvalue weighted by molar-refractivity contribution is 6.07. The van der Waals surface area contributed by atoms with E-state index in [1.165, 1.54) is 0 Å². The number of halogens is 2. The van der Waals surface area contributed by atoms with Gasteiger partial charge in [-0.2, -0.15) is 0 Å². The lowest BCUT2D eigenvalue weighted by Crippen LogP contribution is -2.48. The van der Waals surface area contributed by atoms with Gasteiger partial charge in [0, 0.05) is 36.6 Å². The molecule has 0 radical (unpaired) electrons. The highest BCUT2D eigenvalue weighted by Crippen LogP contribution is 2.29. The zero-order chi connectivity index (χ0) is 14.2. The summed E-state index contributed by atoms with van der Waals surface area (Å²) in [5.41, 5.74) is 4.08. The summed E-state index contributed by atoms with van der Waals surface area (Å²) in [5.74, 6) is 0.647. The van der Waals surface area contributed by atoms with E-state index in [1.807, 2.05) is 24.3 Å². The van der Waals surface area contributed by atoms with Gasteiger partial charge in [0.1, 0.15) is 0 Å². The molecule has 2 aromatic rings. The Morgan fingerprint density at radius 3 is 2.74 bits per heavy atom. The summed E-state index contributed by atoms with van der Waals surface area (Å²) in [6.45, 7) is 2.78. The van der Waals surface area contributed by atoms with Gasteiger partial charge >= 0.3 is 0 Å². The van der Waals surface area contributed by atoms with Crippen LogP contribution in [0.5, 0.6) is 0 Å². The molecule has 124 valence electrons. The number of rotatable bonds is 3. The van der Waals surface area contributed by atoms with Crippen LogP contribution < -0.4 is 10.6 Å². The van der Waals surface area contributed by atoms with Crippen LogP contribution in [-0.4, -0.2) is 30.5 Å². The van der Waals surface area contributed by atoms with Gasteiger partial charge in [0.25, 0.3) is 5.91 Å². The van der Waals surface area contributed by atoms with Crippen molar-refractivity contribution in [2.75, 3.05) is 19.6 Å². The van der Waals surface area contributed by atoms with E-state index in [2.05, 4.69) is 10.6 Å². The average Bonchev–Trinajstić information content (AvgIpc) is 2.90. The maximum absolute atomic E-state index is 12.7. The quantitative estimate of drug-likeness (QED) is 0.891. The summed E-state index contributed by atoms with van der Waals surface area (Å²) in [5, 5.41) is 7.34. The minimum Gasteiger partial charge on any atom is -0.352 e. The first-order chi connectivity index (χ1) is 10.3. The van der Waals surface area contributed by atoms with Crippen LogP contribution in [0.4, 0.5) is 0 Å². The number of pyridine rings is 1. The monoisotopic (exact) mass is 353 g/mol. The van der Waals surface area contributed by atoms with Gasteiger partial charge < -0.3 is 10.6 Å². The number of carbonyl (C=O) groups excluding carboxylic acids is 1. The van der Waals surface area contributed by atoms with Crippen LogP contribution in [0.3, 0.4) is 0 Å². The third-order valence-corrected chi connectivity index (χ3v) is 4.56. The number of nitrogens with zero attached hydrogens (tertiary/aromatic N) is 1. The van der Waals surface area contributed by atoms with Gasteiger partial charge in [0.05, 0.1) is 11.1 Å². The molecule has 1 aliphatic carbocycles. The molecule has 1 saturated heterocycles. The first-order valence-electron chi connectivity index (χ1n) is 7.72. The Bertz CT molecular complexity index is 716. The number of hydrogen-bond donors (Lipinski definition) is 2. The second-order valence-electron chi connectivity index (χ2n) is 6.02. The van der Waals surface area contributed by atoms with E-state index in [1.54, 1.807) is 0 Å². The maximum Gasteiger partial charge on any atom is 0.252 e. The van der Waals surface area contributed by atoms with Crippen LogP contribution in [0.25, 0.3) is 10.9 Å². The van der Waals surface area contributed by atoms with Gasteiger partial charge in [-0.15, -0.1) is 24.8 Å². The molecule has 2 N–H and O–H groups in total. The van der Waals surface area contributed by atoms with E-state index in [4.69, 9.17) is 4.98 Å². The standard InChI is InChI=1S/C17H19N3O.2ClH/c21-17(19-10-11-8-18-9-11)16-12-4-1-2-6-14(12)20-15-7-3-5-13(15)16;;/h1-2,4,6,11,18H,3,5,7-10H2,(H,19,21);2*1H. The maximum atomic E-state index is 12.7. The molecule has 1 aromatic carbocycles. The zero-order valence-electron chi connectivity index (χ0n) is 12.8. The normalized spacial score (nSPS) is 16.0. The highest BCUT2D eigenvalue weighted by atomic mass is 35.5. The molecular weight excluding hydrogens is 333 g/mol. The molecule has 1 fully saturated rings. The topological polar surface area (TPSA) is 54.0 Å². The number of hydrogen-bond acceptors (Lipinski definition) is 3. The number of aryl methyl sites for hydroxylation is 1. The number of aromatic nitrogens is 1. The summed E-state index contributed by atoms with van der Waals surface area (Å²) in [6, 6.07) is 7.98. The molecule has 1 aliphatic heterocycles. The summed E-state index contributed by atoms with van der Waals surface area (Å²) in [4.78, 5) is 17.4. The van der Waals surface area contributed by atoms with Gasteiger partial charge in [0.2, 0.25) is 0 Å². The molecule has 0 saturated carbocycles. The number of para-hydroxylation sites is 1. The van der Waals surface area contributed by atoms with Gasteiger partial charge in [0.15, 0.2) is 0 Å². The highest BCUT2D eigenvalue weighted by Gasteiger charge is 2.24. The minimum atomic E-state index is 0. The largest absolute Gasteiger partial charge is 0.352 e. The molecule has 4 rings (SSSR count). The predicted octanol–water partition coefficient (Wildman–Crippen LogP) is 2.52. The number of amides is 1. The Hall–Kier alpha value is -1.36. The van der Waals surface area contributed by atoms with Crippen LogP contribution in [0.15, 0.2) is 24.3 Å². The summed E-state index contributed by atoms with van der Waals surface area (Å²) >= 11 is 0. The van der Waals surface area contributed by atoms with Crippen molar-refractivity contribution in [2.45, 2.75) is 19.3 Å². The summed E-state index contributed by atoms with van der Waals surface area (Å²) < 4.78 is 0. The first kappa shape index (κ1) is 18.0. The lowest BCUT2D eigenvalue weighted by Gasteiger charge is -2.27. The lowest BCUT2D eigenvalue weighted by molar-refractivity contribution is 0.0943. The Kier molecular flexibility index (Phi) is 5.84. The van der Waals surface area contributed by atoms with Crippen LogP contribution >= 0.6 is 24.8 Å². The molecule has 0 bridgehead atoms. The Labute approximate surface area is 148 Å². The molecule has 23 heavy (non-hydrogen) atoms. The van der Waals surface area contributed by atoms with E-state index in [9.17, 15) is 4.79 Å². The Morgan fingerprint density at radius 2 is 2.00 bits per heavy atom. The van der Waals surface area contributed by atoms with Crippen molar-refractivity contribution in [3.05, 3.63) is 41.1 Å². The van der Waals surface area contributed by atoms with Crippen LogP contribution in [0.2, 0.25) is 0 Å². The van der Waals surface area contributed by atoms with Crippen LogP contribution in [0, 0.1) is 5.92 Å². The number of benzene rings is 1. The van der Waals surface area contributed by atoms with E-state index >= 15 is 0 Å². The molecule has 2 heterocycles. The molecule has 6 heteroatoms. The van der Waals surface area contributed by atoms with Crippen molar-refractivity contribution in [1.29, 1.82) is 0 Å². The van der Waals surface area contributed by atoms with Crippen molar-refractivity contribution in [3.8, 4) is 0 Å². The van der Waals surface area contributed by atoms with Crippen LogP contribution in [0.1, 0.15) is 28.0 Å². The molecule has 0 atom stereocenters. The molecular formula is C17H21Cl2N3O. The fourth-order valence-electron chi connectivity index (χ4n) is 3.29. The fourth-order valence-corrected chi connectivity index (χ4v) is 3.29. The van der Waals surface area contributed by atoms with Gasteiger partial charge in [-0.3, -0.25) is 9.78 Å². The molecule has 0 unspecified atom stereocenters. The number of nitrogens with one attached hydrogen (secondary N) is 2. The number of carbonyl (C=O) groups is 1. The van der Waals surface area contributed by atoms with Crippen molar-refractivity contribution >= 4 is 41.6 Å². The molecule has 1 amide bonds. The zero-order valence-corrected chi connectivity index (χ0v) is 14.4. The summed E-state index contributed by atoms with van der Waals surface area (Å²) in [6.07, 6.45) is 3.07. The molecule has 2 aliphatic rings. The van der Waals surface area contributed by atoms with Crippen LogP contribution in [-0.2, 0) is 12.8 Å². The SMILES string of the molecule is Cl.Cl.O=C(NCC1CNC1)c1c2c(nc3ccccc13)CCC2. The van der Waals surface area contributed by atoms with E-state index in [-0.39, 0.29) is 30.7 Å². The van der Waals surface area contributed by atoms with Crippen molar-refractivity contribution in [2.24, 2.45) is 5.92 Å². The fraction of sp³-hybridized carbons (Fsp3) is 0.412. The van der Waals surface area contributed by atoms with E-state index in [0.29, 0.717) is 5.92 Å². The smallest absolute Gasteiger partial charge is 0.252 e. The molecule has 4 nitrogen and oxygen atoms in total. The number of fused-ring (bicyclic) bond motifs is 2. The molecule has 1 aromatic heterocycles. The molecule has 0 spiro atoms. The minimum absolute atomic E-state index is 0. The third-order valence-electron chi connectivity index (χ3n) is 4.56. The summed E-state index contributed by atoms with van der Waals surface area (Å²) in [7, 11) is 0. The predicted molar refractivity (Wildman–Crippen MR) is 97.0 cm³/mol. The van der Waals surface area contributed by atoms with Crippen molar-refractivity contribution in [1.82, 2.24) is 15.6 Å². The van der Waals surface area contributed by atoms with Gasteiger partial charge in [-0.25, -0.2) is 0 Å². The lowest BCUT2D eigenvalue weighted by atomic mass is 9.99. The second-order valence-corrected chi connectivity index (χ2v) is 6.02.